The molecule has 1 N–H and O–H groups in total. The molecule has 0 saturated heterocycles. The first-order valence-corrected chi connectivity index (χ1v) is 6.11. The maximum atomic E-state index is 10.9. The quantitative estimate of drug-likeness (QED) is 0.786. The fourth-order valence-corrected chi connectivity index (χ4v) is 2.69. The van der Waals surface area contributed by atoms with Gasteiger partial charge in [0.05, 0.1) is 15.8 Å². The summed E-state index contributed by atoms with van der Waals surface area (Å²) in [6.07, 6.45) is 0. The van der Waals surface area contributed by atoms with E-state index in [0.717, 1.165) is 0 Å². The molecule has 1 aromatic heterocycles. The summed E-state index contributed by atoms with van der Waals surface area (Å²) in [5.74, 6) is 0. The lowest BCUT2D eigenvalue weighted by Crippen LogP contribution is -1.98. The molecule has 0 bridgehead atoms. The van der Waals surface area contributed by atoms with Crippen LogP contribution in [0.5, 0.6) is 0 Å². The molecule has 0 amide bonds. The highest BCUT2D eigenvalue weighted by molar-refractivity contribution is 7.86. The Labute approximate surface area is 89.7 Å². The molecule has 72 valence electrons. The van der Waals surface area contributed by atoms with Crippen LogP contribution in [0.2, 0.25) is 5.02 Å². The van der Waals surface area contributed by atoms with Crippen molar-refractivity contribution in [2.45, 2.75) is 4.90 Å². The van der Waals surface area contributed by atoms with Gasteiger partial charge in [-0.3, -0.25) is 4.55 Å². The summed E-state index contributed by atoms with van der Waals surface area (Å²) in [6, 6.07) is 2.72. The fourth-order valence-electron chi connectivity index (χ4n) is 1.06. The van der Waals surface area contributed by atoms with Crippen molar-refractivity contribution >= 4 is 43.8 Å². The van der Waals surface area contributed by atoms with E-state index in [1.165, 1.54) is 23.5 Å². The highest BCUT2D eigenvalue weighted by Crippen LogP contribution is 2.28. The predicted octanol–water partition coefficient (Wildman–Crippen LogP) is 2.40. The SMILES string of the molecule is O=S(=O)(O)c1cc2[c]s[c]c2cc1Cl. The standard InChI is InChI=1S/C8H3ClO3S2/c9-7-1-5-3-13-4-6(5)2-8(7)14(10,11)12/h1-2H,(H,10,11,12). The lowest BCUT2D eigenvalue weighted by molar-refractivity contribution is 0.483. The van der Waals surface area contributed by atoms with Gasteiger partial charge in [-0.1, -0.05) is 11.6 Å². The number of hydrogen-bond acceptors (Lipinski definition) is 3. The summed E-state index contributed by atoms with van der Waals surface area (Å²) >= 11 is 6.87. The monoisotopic (exact) mass is 246 g/mol. The maximum absolute atomic E-state index is 10.9. The number of hydrogen-bond donors (Lipinski definition) is 1. The molecule has 2 radical (unpaired) electrons. The first kappa shape index (κ1) is 9.92. The third-order valence-corrected chi connectivity index (χ3v) is 3.63. The van der Waals surface area contributed by atoms with Gasteiger partial charge in [-0.2, -0.15) is 8.42 Å². The van der Waals surface area contributed by atoms with Gasteiger partial charge in [0, 0.05) is 10.8 Å². The highest BCUT2D eigenvalue weighted by atomic mass is 35.5. The average molecular weight is 247 g/mol. The van der Waals surface area contributed by atoms with Gasteiger partial charge in [-0.25, -0.2) is 0 Å². The molecule has 0 aliphatic heterocycles. The molecule has 0 aliphatic carbocycles. The molecular formula is C8H3ClO3S2. The second-order valence-electron chi connectivity index (χ2n) is 2.61. The van der Waals surface area contributed by atoms with Gasteiger partial charge in [-0.15, -0.1) is 11.3 Å². The fraction of sp³-hybridized carbons (Fsp3) is 0. The Morgan fingerprint density at radius 3 is 2.43 bits per heavy atom. The molecular weight excluding hydrogens is 244 g/mol. The minimum atomic E-state index is -4.26. The molecule has 1 aromatic carbocycles. The largest absolute Gasteiger partial charge is 0.296 e. The Balaban J connectivity index is 2.84. The smallest absolute Gasteiger partial charge is 0.282 e. The first-order chi connectivity index (χ1) is 6.48. The van der Waals surface area contributed by atoms with Crippen molar-refractivity contribution in [2.75, 3.05) is 0 Å². The van der Waals surface area contributed by atoms with Crippen molar-refractivity contribution in [1.29, 1.82) is 0 Å². The van der Waals surface area contributed by atoms with E-state index < -0.39 is 10.1 Å². The first-order valence-electron chi connectivity index (χ1n) is 3.47. The van der Waals surface area contributed by atoms with E-state index in [1.807, 2.05) is 0 Å². The van der Waals surface area contributed by atoms with Crippen LogP contribution in [0, 0.1) is 10.8 Å². The lowest BCUT2D eigenvalue weighted by atomic mass is 10.2. The summed E-state index contributed by atoms with van der Waals surface area (Å²) < 4.78 is 30.6. The third kappa shape index (κ3) is 1.64. The van der Waals surface area contributed by atoms with Crippen molar-refractivity contribution in [2.24, 2.45) is 0 Å². The molecule has 2 rings (SSSR count). The van der Waals surface area contributed by atoms with Crippen molar-refractivity contribution in [3.8, 4) is 0 Å². The average Bonchev–Trinajstić information content (AvgIpc) is 2.47. The zero-order valence-electron chi connectivity index (χ0n) is 6.61. The lowest BCUT2D eigenvalue weighted by Gasteiger charge is -1.99. The van der Waals surface area contributed by atoms with Gasteiger partial charge in [0.15, 0.2) is 0 Å². The van der Waals surface area contributed by atoms with Crippen molar-refractivity contribution in [3.05, 3.63) is 27.9 Å². The van der Waals surface area contributed by atoms with Crippen LogP contribution in [-0.4, -0.2) is 13.0 Å². The van der Waals surface area contributed by atoms with E-state index in [4.69, 9.17) is 16.2 Å². The molecule has 14 heavy (non-hydrogen) atoms. The number of benzene rings is 1. The third-order valence-electron chi connectivity index (χ3n) is 1.67. The van der Waals surface area contributed by atoms with E-state index in [2.05, 4.69) is 10.8 Å². The van der Waals surface area contributed by atoms with Crippen LogP contribution in [0.15, 0.2) is 17.0 Å². The number of halogens is 1. The van der Waals surface area contributed by atoms with Crippen molar-refractivity contribution in [3.63, 3.8) is 0 Å². The van der Waals surface area contributed by atoms with Crippen LogP contribution in [0.1, 0.15) is 0 Å². The normalized spacial score (nSPS) is 12.1. The zero-order chi connectivity index (χ0) is 10.3. The Morgan fingerprint density at radius 2 is 1.86 bits per heavy atom. The Hall–Kier alpha value is -0.620. The van der Waals surface area contributed by atoms with Crippen molar-refractivity contribution in [1.82, 2.24) is 0 Å². The molecule has 0 fully saturated rings. The highest BCUT2D eigenvalue weighted by Gasteiger charge is 2.15. The van der Waals surface area contributed by atoms with Crippen LogP contribution < -0.4 is 0 Å². The number of rotatable bonds is 1. The van der Waals surface area contributed by atoms with Crippen LogP contribution in [0.4, 0.5) is 0 Å². The van der Waals surface area contributed by atoms with Gasteiger partial charge >= 0.3 is 0 Å². The van der Waals surface area contributed by atoms with E-state index in [9.17, 15) is 8.42 Å². The summed E-state index contributed by atoms with van der Waals surface area (Å²) in [4.78, 5) is -0.297. The van der Waals surface area contributed by atoms with E-state index >= 15 is 0 Å². The second-order valence-corrected chi connectivity index (χ2v) is 5.02. The Kier molecular flexibility index (Phi) is 2.27. The maximum Gasteiger partial charge on any atom is 0.296 e. The van der Waals surface area contributed by atoms with E-state index in [1.54, 1.807) is 0 Å². The van der Waals surface area contributed by atoms with Gasteiger partial charge in [0.1, 0.15) is 4.90 Å². The summed E-state index contributed by atoms with van der Waals surface area (Å²) in [5, 5.41) is 6.93. The summed E-state index contributed by atoms with van der Waals surface area (Å²) in [6.45, 7) is 0. The van der Waals surface area contributed by atoms with Crippen LogP contribution in [0.3, 0.4) is 0 Å². The van der Waals surface area contributed by atoms with Crippen LogP contribution in [0.25, 0.3) is 10.8 Å². The summed E-state index contributed by atoms with van der Waals surface area (Å²) in [7, 11) is -4.26. The van der Waals surface area contributed by atoms with Crippen LogP contribution in [-0.2, 0) is 10.1 Å². The minimum Gasteiger partial charge on any atom is -0.282 e. The van der Waals surface area contributed by atoms with Gasteiger partial charge in [-0.05, 0) is 12.1 Å². The van der Waals surface area contributed by atoms with Crippen LogP contribution >= 0.6 is 22.9 Å². The Morgan fingerprint density at radius 1 is 1.29 bits per heavy atom. The molecule has 0 atom stereocenters. The molecule has 0 saturated carbocycles. The molecule has 1 heterocycles. The second kappa shape index (κ2) is 3.20. The van der Waals surface area contributed by atoms with Gasteiger partial charge in [0.25, 0.3) is 10.1 Å². The predicted molar refractivity (Wildman–Crippen MR) is 54.3 cm³/mol. The topological polar surface area (TPSA) is 54.4 Å². The molecule has 0 aliphatic rings. The van der Waals surface area contributed by atoms with E-state index in [-0.39, 0.29) is 9.92 Å². The Bertz CT molecular complexity index is 586. The van der Waals surface area contributed by atoms with Gasteiger partial charge < -0.3 is 0 Å². The van der Waals surface area contributed by atoms with Crippen molar-refractivity contribution < 1.29 is 13.0 Å². The molecule has 2 aromatic rings. The van der Waals surface area contributed by atoms with E-state index in [0.29, 0.717) is 10.8 Å². The molecule has 6 heteroatoms. The minimum absolute atomic E-state index is 0.0111. The van der Waals surface area contributed by atoms with Gasteiger partial charge in [0.2, 0.25) is 0 Å². The number of fused-ring (bicyclic) bond motifs is 1. The molecule has 0 spiro atoms. The molecule has 0 unspecified atom stereocenters. The zero-order valence-corrected chi connectivity index (χ0v) is 9.00. The molecule has 3 nitrogen and oxygen atoms in total. The number of thiophene rings is 1. The summed E-state index contributed by atoms with van der Waals surface area (Å²) in [5.41, 5.74) is 0.